The first-order valence-corrected chi connectivity index (χ1v) is 6.25. The minimum Gasteiger partial charge on any atom is -0.480 e. The number of nitrogens with one attached hydrogen (secondary N) is 1. The Hall–Kier alpha value is -2.44. The summed E-state index contributed by atoms with van der Waals surface area (Å²) in [7, 11) is 0. The second kappa shape index (κ2) is 5.28. The van der Waals surface area contributed by atoms with Crippen LogP contribution >= 0.6 is 0 Å². The molecule has 0 heterocycles. The lowest BCUT2D eigenvalue weighted by molar-refractivity contribution is -0.384. The van der Waals surface area contributed by atoms with E-state index in [1.54, 1.807) is 0 Å². The van der Waals surface area contributed by atoms with Crippen molar-refractivity contribution in [2.24, 2.45) is 0 Å². The molecule has 0 saturated heterocycles. The first kappa shape index (κ1) is 14.0. The summed E-state index contributed by atoms with van der Waals surface area (Å²) >= 11 is 0. The summed E-state index contributed by atoms with van der Waals surface area (Å²) in [5.41, 5.74) is -1.11. The third-order valence-corrected chi connectivity index (χ3v) is 3.56. The number of nitrogens with zero attached hydrogens (tertiary/aromatic N) is 1. The summed E-state index contributed by atoms with van der Waals surface area (Å²) in [5.74, 6) is -1.56. The monoisotopic (exact) mass is 278 g/mol. The van der Waals surface area contributed by atoms with Gasteiger partial charge in [0.05, 0.1) is 4.92 Å². The Labute approximate surface area is 114 Å². The summed E-state index contributed by atoms with van der Waals surface area (Å²) in [6, 6.07) is 5.07. The molecule has 1 aliphatic rings. The van der Waals surface area contributed by atoms with Gasteiger partial charge in [-0.15, -0.1) is 0 Å². The highest BCUT2D eigenvalue weighted by Gasteiger charge is 2.42. The van der Waals surface area contributed by atoms with E-state index in [0.717, 1.165) is 12.8 Å². The summed E-state index contributed by atoms with van der Waals surface area (Å²) in [4.78, 5) is 33.3. The number of carboxylic acids is 1. The fraction of sp³-hybridized carbons (Fsp3) is 0.385. The van der Waals surface area contributed by atoms with Crippen LogP contribution in [0.3, 0.4) is 0 Å². The number of benzene rings is 1. The summed E-state index contributed by atoms with van der Waals surface area (Å²) in [5, 5.41) is 22.3. The van der Waals surface area contributed by atoms with Crippen LogP contribution in [0, 0.1) is 10.1 Å². The quantitative estimate of drug-likeness (QED) is 0.643. The SMILES string of the molecule is O=C(NC1(C(=O)O)CCCC1)c1ccc([N+](=O)[O-])cc1. The van der Waals surface area contributed by atoms with Crippen LogP contribution in [-0.4, -0.2) is 27.4 Å². The molecule has 106 valence electrons. The number of nitro groups is 1. The van der Waals surface area contributed by atoms with E-state index in [4.69, 9.17) is 0 Å². The second-order valence-corrected chi connectivity index (χ2v) is 4.85. The van der Waals surface area contributed by atoms with Gasteiger partial charge in [-0.2, -0.15) is 0 Å². The Bertz CT molecular complexity index is 546. The van der Waals surface area contributed by atoms with Gasteiger partial charge in [-0.25, -0.2) is 4.79 Å². The van der Waals surface area contributed by atoms with Gasteiger partial charge < -0.3 is 10.4 Å². The molecule has 7 nitrogen and oxygen atoms in total. The largest absolute Gasteiger partial charge is 0.480 e. The van der Waals surface area contributed by atoms with E-state index >= 15 is 0 Å². The fourth-order valence-corrected chi connectivity index (χ4v) is 2.39. The highest BCUT2D eigenvalue weighted by Crippen LogP contribution is 2.30. The minimum atomic E-state index is -1.21. The predicted molar refractivity (Wildman–Crippen MR) is 69.4 cm³/mol. The molecule has 0 radical (unpaired) electrons. The van der Waals surface area contributed by atoms with E-state index in [9.17, 15) is 24.8 Å². The molecule has 2 N–H and O–H groups in total. The van der Waals surface area contributed by atoms with Crippen LogP contribution in [0.4, 0.5) is 5.69 Å². The van der Waals surface area contributed by atoms with Gasteiger partial charge in [-0.05, 0) is 25.0 Å². The number of carboxylic acid groups (broad SMARTS) is 1. The Morgan fingerprint density at radius 3 is 2.20 bits per heavy atom. The Kier molecular flexibility index (Phi) is 3.69. The number of hydrogen-bond donors (Lipinski definition) is 2. The zero-order valence-electron chi connectivity index (χ0n) is 10.7. The maximum Gasteiger partial charge on any atom is 0.329 e. The second-order valence-electron chi connectivity index (χ2n) is 4.85. The van der Waals surface area contributed by atoms with E-state index in [0.29, 0.717) is 12.8 Å². The van der Waals surface area contributed by atoms with Gasteiger partial charge in [0.15, 0.2) is 0 Å². The highest BCUT2D eigenvalue weighted by molar-refractivity contribution is 5.98. The Morgan fingerprint density at radius 1 is 1.20 bits per heavy atom. The van der Waals surface area contributed by atoms with Gasteiger partial charge in [0, 0.05) is 17.7 Å². The number of carbonyl (C=O) groups excluding carboxylic acids is 1. The third-order valence-electron chi connectivity index (χ3n) is 3.56. The maximum atomic E-state index is 12.0. The molecule has 7 heteroatoms. The summed E-state index contributed by atoms with van der Waals surface area (Å²) in [6.45, 7) is 0. The van der Waals surface area contributed by atoms with Crippen molar-refractivity contribution < 1.29 is 19.6 Å². The standard InChI is InChI=1S/C13H14N2O5/c16-11(9-3-5-10(6-4-9)15(19)20)14-13(12(17)18)7-1-2-8-13/h3-6H,1-2,7-8H2,(H,14,16)(H,17,18). The van der Waals surface area contributed by atoms with Crippen LogP contribution in [0.5, 0.6) is 0 Å². The molecule has 1 amide bonds. The number of rotatable bonds is 4. The average molecular weight is 278 g/mol. The molecule has 2 rings (SSSR count). The molecule has 0 aromatic heterocycles. The van der Waals surface area contributed by atoms with Crippen molar-refractivity contribution in [1.82, 2.24) is 5.32 Å². The number of hydrogen-bond acceptors (Lipinski definition) is 4. The summed E-state index contributed by atoms with van der Waals surface area (Å²) < 4.78 is 0. The number of amides is 1. The average Bonchev–Trinajstić information content (AvgIpc) is 2.88. The van der Waals surface area contributed by atoms with Crippen LogP contribution in [0.15, 0.2) is 24.3 Å². The molecule has 0 unspecified atom stereocenters. The van der Waals surface area contributed by atoms with Crippen LogP contribution in [0.25, 0.3) is 0 Å². The molecule has 0 spiro atoms. The van der Waals surface area contributed by atoms with Crippen LogP contribution in [-0.2, 0) is 4.79 Å². The van der Waals surface area contributed by atoms with Crippen molar-refractivity contribution in [3.8, 4) is 0 Å². The molecular formula is C13H14N2O5. The third kappa shape index (κ3) is 2.61. The summed E-state index contributed by atoms with van der Waals surface area (Å²) in [6.07, 6.45) is 2.32. The zero-order chi connectivity index (χ0) is 14.8. The van der Waals surface area contributed by atoms with Gasteiger partial charge in [0.25, 0.3) is 11.6 Å². The topological polar surface area (TPSA) is 110 Å². The first-order valence-electron chi connectivity index (χ1n) is 6.25. The minimum absolute atomic E-state index is 0.115. The molecule has 0 atom stereocenters. The molecule has 0 aliphatic heterocycles. The Balaban J connectivity index is 2.15. The van der Waals surface area contributed by atoms with Crippen LogP contribution in [0.2, 0.25) is 0 Å². The Morgan fingerprint density at radius 2 is 1.75 bits per heavy atom. The molecule has 1 fully saturated rings. The van der Waals surface area contributed by atoms with E-state index in [2.05, 4.69) is 5.32 Å². The molecular weight excluding hydrogens is 264 g/mol. The van der Waals surface area contributed by atoms with Crippen molar-refractivity contribution in [2.45, 2.75) is 31.2 Å². The van der Waals surface area contributed by atoms with E-state index in [1.165, 1.54) is 24.3 Å². The lowest BCUT2D eigenvalue weighted by Gasteiger charge is -2.25. The van der Waals surface area contributed by atoms with Crippen LogP contribution in [0.1, 0.15) is 36.0 Å². The van der Waals surface area contributed by atoms with Gasteiger partial charge in [0.1, 0.15) is 5.54 Å². The van der Waals surface area contributed by atoms with E-state index < -0.39 is 22.3 Å². The predicted octanol–water partition coefficient (Wildman–Crippen LogP) is 1.72. The van der Waals surface area contributed by atoms with Crippen molar-refractivity contribution >= 4 is 17.6 Å². The van der Waals surface area contributed by atoms with Crippen molar-refractivity contribution in [2.75, 3.05) is 0 Å². The van der Waals surface area contributed by atoms with Crippen LogP contribution < -0.4 is 5.32 Å². The van der Waals surface area contributed by atoms with Gasteiger partial charge in [-0.1, -0.05) is 12.8 Å². The maximum absolute atomic E-state index is 12.0. The first-order chi connectivity index (χ1) is 9.44. The molecule has 20 heavy (non-hydrogen) atoms. The fourth-order valence-electron chi connectivity index (χ4n) is 2.39. The van der Waals surface area contributed by atoms with Gasteiger partial charge >= 0.3 is 5.97 Å². The lowest BCUT2D eigenvalue weighted by atomic mass is 9.97. The molecule has 0 bridgehead atoms. The zero-order valence-corrected chi connectivity index (χ0v) is 10.7. The highest BCUT2D eigenvalue weighted by atomic mass is 16.6. The molecule has 1 aliphatic carbocycles. The molecule has 1 aromatic rings. The normalized spacial score (nSPS) is 16.6. The number of nitro benzene ring substituents is 1. The van der Waals surface area contributed by atoms with E-state index in [-0.39, 0.29) is 11.3 Å². The molecule has 1 saturated carbocycles. The van der Waals surface area contributed by atoms with Crippen molar-refractivity contribution in [3.63, 3.8) is 0 Å². The number of carbonyl (C=O) groups is 2. The van der Waals surface area contributed by atoms with Crippen molar-refractivity contribution in [3.05, 3.63) is 39.9 Å². The number of non-ortho nitro benzene ring substituents is 1. The molecule has 1 aromatic carbocycles. The van der Waals surface area contributed by atoms with Gasteiger partial charge in [0.2, 0.25) is 0 Å². The lowest BCUT2D eigenvalue weighted by Crippen LogP contribution is -2.52. The van der Waals surface area contributed by atoms with E-state index in [1.807, 2.05) is 0 Å². The number of aliphatic carboxylic acids is 1. The smallest absolute Gasteiger partial charge is 0.329 e. The van der Waals surface area contributed by atoms with Gasteiger partial charge in [-0.3, -0.25) is 14.9 Å². The van der Waals surface area contributed by atoms with Crippen molar-refractivity contribution in [1.29, 1.82) is 0 Å².